The second-order valence-corrected chi connectivity index (χ2v) is 7.51. The van der Waals surface area contributed by atoms with Gasteiger partial charge in [-0.05, 0) is 44.4 Å². The molecule has 24 heavy (non-hydrogen) atoms. The van der Waals surface area contributed by atoms with Crippen molar-refractivity contribution in [2.75, 3.05) is 18.1 Å². The number of ether oxygens (including phenoxy) is 3. The standard InChI is InChI=1S/C18H21NO4S/c1-18(2,3)23-17(20)19(12-14-5-4-10-24-14)13-6-7-15-16(11-13)22-9-8-21-15/h4-7,10-11H,8-9,12H2,1-3H3. The van der Waals surface area contributed by atoms with Gasteiger partial charge in [-0.25, -0.2) is 4.79 Å². The third-order valence-corrected chi connectivity index (χ3v) is 4.21. The summed E-state index contributed by atoms with van der Waals surface area (Å²) in [7, 11) is 0. The van der Waals surface area contributed by atoms with Crippen molar-refractivity contribution in [3.05, 3.63) is 40.6 Å². The van der Waals surface area contributed by atoms with Gasteiger partial charge in [0.15, 0.2) is 11.5 Å². The molecule has 1 aliphatic heterocycles. The van der Waals surface area contributed by atoms with Gasteiger partial charge in [-0.1, -0.05) is 6.07 Å². The minimum Gasteiger partial charge on any atom is -0.486 e. The van der Waals surface area contributed by atoms with Crippen LogP contribution in [0, 0.1) is 0 Å². The molecule has 0 radical (unpaired) electrons. The van der Waals surface area contributed by atoms with E-state index in [1.807, 2.05) is 56.5 Å². The summed E-state index contributed by atoms with van der Waals surface area (Å²) >= 11 is 1.60. The summed E-state index contributed by atoms with van der Waals surface area (Å²) in [6.07, 6.45) is -0.382. The van der Waals surface area contributed by atoms with Crippen LogP contribution in [0.15, 0.2) is 35.7 Å². The molecule has 0 saturated heterocycles. The van der Waals surface area contributed by atoms with Gasteiger partial charge in [0, 0.05) is 10.9 Å². The Balaban J connectivity index is 1.90. The Morgan fingerprint density at radius 1 is 1.21 bits per heavy atom. The average Bonchev–Trinajstić information content (AvgIpc) is 3.03. The summed E-state index contributed by atoms with van der Waals surface area (Å²) in [5, 5.41) is 1.99. The van der Waals surface area contributed by atoms with Crippen LogP contribution in [0.2, 0.25) is 0 Å². The fourth-order valence-corrected chi connectivity index (χ4v) is 3.03. The molecular formula is C18H21NO4S. The number of nitrogens with zero attached hydrogens (tertiary/aromatic N) is 1. The zero-order chi connectivity index (χ0) is 17.2. The molecule has 0 spiro atoms. The van der Waals surface area contributed by atoms with Gasteiger partial charge in [-0.3, -0.25) is 4.90 Å². The van der Waals surface area contributed by atoms with Gasteiger partial charge < -0.3 is 14.2 Å². The first-order chi connectivity index (χ1) is 11.4. The van der Waals surface area contributed by atoms with E-state index in [0.29, 0.717) is 31.3 Å². The quantitative estimate of drug-likeness (QED) is 0.822. The van der Waals surface area contributed by atoms with Gasteiger partial charge in [0.25, 0.3) is 0 Å². The molecule has 0 bridgehead atoms. The molecule has 0 atom stereocenters. The Kier molecular flexibility index (Phi) is 4.66. The lowest BCUT2D eigenvalue weighted by Gasteiger charge is -2.28. The molecule has 1 aliphatic rings. The van der Waals surface area contributed by atoms with Crippen LogP contribution in [-0.4, -0.2) is 24.9 Å². The van der Waals surface area contributed by atoms with E-state index in [4.69, 9.17) is 14.2 Å². The first kappa shape index (κ1) is 16.6. The van der Waals surface area contributed by atoms with Crippen molar-refractivity contribution in [3.63, 3.8) is 0 Å². The Morgan fingerprint density at radius 3 is 2.62 bits per heavy atom. The van der Waals surface area contributed by atoms with Gasteiger partial charge >= 0.3 is 6.09 Å². The Bertz CT molecular complexity index is 706. The number of carbonyl (C=O) groups excluding carboxylic acids is 1. The largest absolute Gasteiger partial charge is 0.486 e. The molecular weight excluding hydrogens is 326 g/mol. The highest BCUT2D eigenvalue weighted by Gasteiger charge is 2.25. The SMILES string of the molecule is CC(C)(C)OC(=O)N(Cc1cccs1)c1ccc2c(c1)OCCO2. The molecule has 0 unspecified atom stereocenters. The van der Waals surface area contributed by atoms with E-state index < -0.39 is 5.60 Å². The van der Waals surface area contributed by atoms with E-state index >= 15 is 0 Å². The molecule has 0 aliphatic carbocycles. The van der Waals surface area contributed by atoms with Gasteiger partial charge in [0.1, 0.15) is 18.8 Å². The Labute approximate surface area is 145 Å². The highest BCUT2D eigenvalue weighted by molar-refractivity contribution is 7.09. The average molecular weight is 347 g/mol. The topological polar surface area (TPSA) is 48.0 Å². The number of carbonyl (C=O) groups is 1. The molecule has 1 aromatic carbocycles. The van der Waals surface area contributed by atoms with Crippen LogP contribution in [0.4, 0.5) is 10.5 Å². The third kappa shape index (κ3) is 4.00. The molecule has 128 valence electrons. The molecule has 1 aromatic heterocycles. The summed E-state index contributed by atoms with van der Waals surface area (Å²) < 4.78 is 16.7. The number of rotatable bonds is 3. The van der Waals surface area contributed by atoms with Crippen molar-refractivity contribution in [2.45, 2.75) is 32.9 Å². The highest BCUT2D eigenvalue weighted by atomic mass is 32.1. The number of amides is 1. The highest BCUT2D eigenvalue weighted by Crippen LogP contribution is 2.35. The smallest absolute Gasteiger partial charge is 0.415 e. The second-order valence-electron chi connectivity index (χ2n) is 6.47. The predicted octanol–water partition coefficient (Wildman–Crippen LogP) is 4.46. The number of fused-ring (bicyclic) bond motifs is 1. The minimum absolute atomic E-state index is 0.382. The first-order valence-corrected chi connectivity index (χ1v) is 8.73. The second kappa shape index (κ2) is 6.73. The fourth-order valence-electron chi connectivity index (χ4n) is 2.34. The van der Waals surface area contributed by atoms with Crippen LogP contribution in [0.1, 0.15) is 25.6 Å². The summed E-state index contributed by atoms with van der Waals surface area (Å²) in [4.78, 5) is 15.4. The lowest BCUT2D eigenvalue weighted by atomic mass is 10.2. The number of hydrogen-bond donors (Lipinski definition) is 0. The summed E-state index contributed by atoms with van der Waals surface area (Å²) in [6, 6.07) is 9.48. The number of benzene rings is 1. The van der Waals surface area contributed by atoms with Crippen molar-refractivity contribution >= 4 is 23.1 Å². The van der Waals surface area contributed by atoms with Crippen molar-refractivity contribution in [1.29, 1.82) is 0 Å². The third-order valence-electron chi connectivity index (χ3n) is 3.35. The van der Waals surface area contributed by atoms with Gasteiger partial charge in [0.05, 0.1) is 12.2 Å². The molecule has 2 heterocycles. The zero-order valence-electron chi connectivity index (χ0n) is 14.1. The van der Waals surface area contributed by atoms with E-state index in [1.54, 1.807) is 16.2 Å². The maximum absolute atomic E-state index is 12.7. The van der Waals surface area contributed by atoms with Crippen molar-refractivity contribution < 1.29 is 19.0 Å². The Morgan fingerprint density at radius 2 is 1.96 bits per heavy atom. The molecule has 3 rings (SSSR count). The van der Waals surface area contributed by atoms with E-state index in [1.165, 1.54) is 0 Å². The number of thiophene rings is 1. The van der Waals surface area contributed by atoms with E-state index in [2.05, 4.69) is 0 Å². The van der Waals surface area contributed by atoms with Crippen molar-refractivity contribution in [1.82, 2.24) is 0 Å². The molecule has 0 saturated carbocycles. The first-order valence-electron chi connectivity index (χ1n) is 7.85. The molecule has 5 nitrogen and oxygen atoms in total. The predicted molar refractivity (Wildman–Crippen MR) is 94.2 cm³/mol. The molecule has 2 aromatic rings. The van der Waals surface area contributed by atoms with Crippen molar-refractivity contribution in [2.24, 2.45) is 0 Å². The maximum Gasteiger partial charge on any atom is 0.415 e. The van der Waals surface area contributed by atoms with Gasteiger partial charge in [-0.2, -0.15) is 0 Å². The Hall–Kier alpha value is -2.21. The van der Waals surface area contributed by atoms with Crippen LogP contribution < -0.4 is 14.4 Å². The number of hydrogen-bond acceptors (Lipinski definition) is 5. The van der Waals surface area contributed by atoms with Crippen LogP contribution in [-0.2, 0) is 11.3 Å². The molecule has 0 N–H and O–H groups in total. The normalized spacial score (nSPS) is 13.5. The summed E-state index contributed by atoms with van der Waals surface area (Å²) in [5.74, 6) is 1.35. The fraction of sp³-hybridized carbons (Fsp3) is 0.389. The molecule has 6 heteroatoms. The molecule has 0 fully saturated rings. The van der Waals surface area contributed by atoms with E-state index in [9.17, 15) is 4.79 Å². The van der Waals surface area contributed by atoms with E-state index in [-0.39, 0.29) is 6.09 Å². The summed E-state index contributed by atoms with van der Waals surface area (Å²) in [6.45, 7) is 7.07. The van der Waals surface area contributed by atoms with Gasteiger partial charge in [-0.15, -0.1) is 11.3 Å². The van der Waals surface area contributed by atoms with E-state index in [0.717, 1.165) is 10.6 Å². The van der Waals surface area contributed by atoms with Crippen LogP contribution in [0.5, 0.6) is 11.5 Å². The lowest BCUT2D eigenvalue weighted by Crippen LogP contribution is -2.36. The zero-order valence-corrected chi connectivity index (χ0v) is 14.9. The van der Waals surface area contributed by atoms with Gasteiger partial charge in [0.2, 0.25) is 0 Å². The maximum atomic E-state index is 12.7. The summed E-state index contributed by atoms with van der Waals surface area (Å²) in [5.41, 5.74) is 0.167. The molecule has 1 amide bonds. The number of anilines is 1. The monoisotopic (exact) mass is 347 g/mol. The van der Waals surface area contributed by atoms with Crippen LogP contribution >= 0.6 is 11.3 Å². The lowest BCUT2D eigenvalue weighted by molar-refractivity contribution is 0.0577. The van der Waals surface area contributed by atoms with Crippen molar-refractivity contribution in [3.8, 4) is 11.5 Å². The van der Waals surface area contributed by atoms with Crippen LogP contribution in [0.3, 0.4) is 0 Å². The van der Waals surface area contributed by atoms with Crippen LogP contribution in [0.25, 0.3) is 0 Å². The minimum atomic E-state index is -0.557.